The standard InChI is InChI=1S/C21H20BrN5O2S/c1-2-29-18-10-8-17(9-11-18)27-20(15-4-6-16(22)7-5-15)25-26-21(27)30-14-19(28)24-13-3-12-23/h4-11H,2-3,13-14H2,1H3,(H,24,28). The second-order valence-corrected chi connectivity index (χ2v) is 7.98. The normalized spacial score (nSPS) is 10.4. The lowest BCUT2D eigenvalue weighted by Gasteiger charge is -2.11. The Labute approximate surface area is 187 Å². The van der Waals surface area contributed by atoms with E-state index in [1.54, 1.807) is 0 Å². The van der Waals surface area contributed by atoms with Gasteiger partial charge in [-0.1, -0.05) is 39.8 Å². The van der Waals surface area contributed by atoms with Crippen molar-refractivity contribution >= 4 is 33.6 Å². The molecule has 3 rings (SSSR count). The van der Waals surface area contributed by atoms with Gasteiger partial charge in [0.1, 0.15) is 5.75 Å². The van der Waals surface area contributed by atoms with Crippen molar-refractivity contribution in [1.29, 1.82) is 5.26 Å². The molecular weight excluding hydrogens is 466 g/mol. The molecule has 0 aliphatic heterocycles. The Bertz CT molecular complexity index is 1030. The van der Waals surface area contributed by atoms with Crippen LogP contribution in [0.2, 0.25) is 0 Å². The van der Waals surface area contributed by atoms with Gasteiger partial charge in [0, 0.05) is 22.3 Å². The molecule has 1 heterocycles. The molecule has 0 bridgehead atoms. The fraction of sp³-hybridized carbons (Fsp3) is 0.238. The maximum Gasteiger partial charge on any atom is 0.230 e. The third-order valence-corrected chi connectivity index (χ3v) is 5.49. The highest BCUT2D eigenvalue weighted by atomic mass is 79.9. The Balaban J connectivity index is 1.89. The monoisotopic (exact) mass is 485 g/mol. The summed E-state index contributed by atoms with van der Waals surface area (Å²) in [4.78, 5) is 12.0. The first-order valence-electron chi connectivity index (χ1n) is 9.33. The fourth-order valence-corrected chi connectivity index (χ4v) is 3.73. The largest absolute Gasteiger partial charge is 0.494 e. The van der Waals surface area contributed by atoms with Crippen molar-refractivity contribution in [3.05, 3.63) is 53.0 Å². The van der Waals surface area contributed by atoms with E-state index in [-0.39, 0.29) is 18.1 Å². The molecule has 0 aliphatic carbocycles. The van der Waals surface area contributed by atoms with Crippen LogP contribution in [-0.2, 0) is 4.79 Å². The lowest BCUT2D eigenvalue weighted by Crippen LogP contribution is -2.26. The Kier molecular flexibility index (Phi) is 7.88. The molecule has 0 saturated heterocycles. The number of nitrogens with zero attached hydrogens (tertiary/aromatic N) is 4. The molecule has 0 spiro atoms. The molecule has 1 amide bonds. The van der Waals surface area contributed by atoms with E-state index < -0.39 is 0 Å². The van der Waals surface area contributed by atoms with Gasteiger partial charge in [-0.25, -0.2) is 0 Å². The number of halogens is 1. The molecule has 0 radical (unpaired) electrons. The molecule has 0 aliphatic rings. The quantitative estimate of drug-likeness (QED) is 0.360. The topological polar surface area (TPSA) is 92.8 Å². The molecule has 0 saturated carbocycles. The summed E-state index contributed by atoms with van der Waals surface area (Å²) in [6.45, 7) is 2.87. The van der Waals surface area contributed by atoms with Crippen LogP contribution in [0.25, 0.3) is 17.1 Å². The van der Waals surface area contributed by atoms with Gasteiger partial charge in [0.15, 0.2) is 11.0 Å². The number of thioether (sulfide) groups is 1. The number of carbonyl (C=O) groups excluding carboxylic acids is 1. The van der Waals surface area contributed by atoms with E-state index >= 15 is 0 Å². The predicted octanol–water partition coefficient (Wildman–Crippen LogP) is 4.22. The Hall–Kier alpha value is -2.83. The van der Waals surface area contributed by atoms with Crippen molar-refractivity contribution in [2.45, 2.75) is 18.5 Å². The molecule has 0 atom stereocenters. The van der Waals surface area contributed by atoms with Crippen LogP contribution in [0.15, 0.2) is 58.2 Å². The van der Waals surface area contributed by atoms with Crippen LogP contribution in [0.1, 0.15) is 13.3 Å². The van der Waals surface area contributed by atoms with E-state index in [1.165, 1.54) is 11.8 Å². The lowest BCUT2D eigenvalue weighted by atomic mass is 10.2. The summed E-state index contributed by atoms with van der Waals surface area (Å²) in [6, 6.07) is 17.5. The SMILES string of the molecule is CCOc1ccc(-n2c(SCC(=O)NCCC#N)nnc2-c2ccc(Br)cc2)cc1. The summed E-state index contributed by atoms with van der Waals surface area (Å²) in [5, 5.41) is 20.6. The summed E-state index contributed by atoms with van der Waals surface area (Å²) in [5.41, 5.74) is 1.78. The van der Waals surface area contributed by atoms with Crippen molar-refractivity contribution in [2.75, 3.05) is 18.9 Å². The number of aromatic nitrogens is 3. The number of carbonyl (C=O) groups is 1. The molecule has 154 valence electrons. The first kappa shape index (κ1) is 21.9. The highest BCUT2D eigenvalue weighted by molar-refractivity contribution is 9.10. The third-order valence-electron chi connectivity index (χ3n) is 4.03. The molecule has 3 aromatic rings. The average molecular weight is 486 g/mol. The minimum atomic E-state index is -0.151. The van der Waals surface area contributed by atoms with E-state index in [1.807, 2.05) is 66.1 Å². The summed E-state index contributed by atoms with van der Waals surface area (Å²) >= 11 is 4.75. The van der Waals surface area contributed by atoms with Crippen molar-refractivity contribution < 1.29 is 9.53 Å². The van der Waals surface area contributed by atoms with Crippen molar-refractivity contribution in [3.63, 3.8) is 0 Å². The zero-order valence-electron chi connectivity index (χ0n) is 16.3. The van der Waals surface area contributed by atoms with Crippen LogP contribution in [0, 0.1) is 11.3 Å². The van der Waals surface area contributed by atoms with E-state index in [2.05, 4.69) is 31.4 Å². The van der Waals surface area contributed by atoms with Gasteiger partial charge in [-0.2, -0.15) is 5.26 Å². The first-order chi connectivity index (χ1) is 14.6. The van der Waals surface area contributed by atoms with E-state index in [9.17, 15) is 4.79 Å². The second-order valence-electron chi connectivity index (χ2n) is 6.12. The molecule has 30 heavy (non-hydrogen) atoms. The number of benzene rings is 2. The highest BCUT2D eigenvalue weighted by Crippen LogP contribution is 2.29. The van der Waals surface area contributed by atoms with Crippen LogP contribution in [-0.4, -0.2) is 39.6 Å². The van der Waals surface area contributed by atoms with Crippen LogP contribution in [0.4, 0.5) is 0 Å². The van der Waals surface area contributed by atoms with Gasteiger partial charge >= 0.3 is 0 Å². The molecule has 0 unspecified atom stereocenters. The third kappa shape index (κ3) is 5.62. The van der Waals surface area contributed by atoms with Crippen LogP contribution < -0.4 is 10.1 Å². The molecule has 1 N–H and O–H groups in total. The van der Waals surface area contributed by atoms with Crippen molar-refractivity contribution in [2.24, 2.45) is 0 Å². The number of nitriles is 1. The number of ether oxygens (including phenoxy) is 1. The summed E-state index contributed by atoms with van der Waals surface area (Å²) < 4.78 is 8.43. The van der Waals surface area contributed by atoms with Gasteiger partial charge in [0.2, 0.25) is 5.91 Å². The summed E-state index contributed by atoms with van der Waals surface area (Å²) in [7, 11) is 0. The van der Waals surface area contributed by atoms with E-state index in [0.29, 0.717) is 24.1 Å². The summed E-state index contributed by atoms with van der Waals surface area (Å²) in [5.74, 6) is 1.49. The van der Waals surface area contributed by atoms with Gasteiger partial charge in [-0.05, 0) is 43.3 Å². The predicted molar refractivity (Wildman–Crippen MR) is 120 cm³/mol. The lowest BCUT2D eigenvalue weighted by molar-refractivity contribution is -0.118. The minimum Gasteiger partial charge on any atom is -0.494 e. The molecule has 7 nitrogen and oxygen atoms in total. The Morgan fingerprint density at radius 1 is 1.20 bits per heavy atom. The van der Waals surface area contributed by atoms with Crippen LogP contribution in [0.3, 0.4) is 0 Å². The molecule has 0 fully saturated rings. The zero-order valence-corrected chi connectivity index (χ0v) is 18.7. The van der Waals surface area contributed by atoms with E-state index in [0.717, 1.165) is 21.5 Å². The smallest absolute Gasteiger partial charge is 0.230 e. The second kappa shape index (κ2) is 10.8. The van der Waals surface area contributed by atoms with Gasteiger partial charge in [-0.3, -0.25) is 9.36 Å². The van der Waals surface area contributed by atoms with Gasteiger partial charge in [-0.15, -0.1) is 10.2 Å². The zero-order chi connectivity index (χ0) is 21.3. The maximum atomic E-state index is 12.0. The molecular formula is C21H20BrN5O2S. The Morgan fingerprint density at radius 2 is 1.93 bits per heavy atom. The first-order valence-corrected chi connectivity index (χ1v) is 11.1. The van der Waals surface area contributed by atoms with Crippen LogP contribution >= 0.6 is 27.7 Å². The number of hydrogen-bond acceptors (Lipinski definition) is 6. The average Bonchev–Trinajstić information content (AvgIpc) is 3.18. The molecule has 2 aromatic carbocycles. The number of rotatable bonds is 9. The van der Waals surface area contributed by atoms with Crippen molar-refractivity contribution in [1.82, 2.24) is 20.1 Å². The highest BCUT2D eigenvalue weighted by Gasteiger charge is 2.17. The van der Waals surface area contributed by atoms with Gasteiger partial charge < -0.3 is 10.1 Å². The van der Waals surface area contributed by atoms with Crippen LogP contribution in [0.5, 0.6) is 5.75 Å². The number of hydrogen-bond donors (Lipinski definition) is 1. The fourth-order valence-electron chi connectivity index (χ4n) is 2.68. The Morgan fingerprint density at radius 3 is 2.60 bits per heavy atom. The van der Waals surface area contributed by atoms with Crippen molar-refractivity contribution in [3.8, 4) is 28.9 Å². The van der Waals surface area contributed by atoms with Gasteiger partial charge in [0.25, 0.3) is 0 Å². The van der Waals surface area contributed by atoms with E-state index in [4.69, 9.17) is 10.00 Å². The molecule has 9 heteroatoms. The number of amides is 1. The van der Waals surface area contributed by atoms with Gasteiger partial charge in [0.05, 0.1) is 24.8 Å². The summed E-state index contributed by atoms with van der Waals surface area (Å²) in [6.07, 6.45) is 0.284. The number of nitrogens with one attached hydrogen (secondary N) is 1. The molecule has 1 aromatic heterocycles. The maximum absolute atomic E-state index is 12.0. The minimum absolute atomic E-state index is 0.151.